The van der Waals surface area contributed by atoms with Gasteiger partial charge in [-0.3, -0.25) is 4.79 Å². The van der Waals surface area contributed by atoms with Crippen LogP contribution < -0.4 is 10.1 Å². The van der Waals surface area contributed by atoms with Crippen LogP contribution in [0.3, 0.4) is 0 Å². The quantitative estimate of drug-likeness (QED) is 0.872. The van der Waals surface area contributed by atoms with Crippen molar-refractivity contribution in [3.8, 4) is 5.75 Å². The second kappa shape index (κ2) is 8.52. The van der Waals surface area contributed by atoms with E-state index in [2.05, 4.69) is 22.3 Å². The molecule has 2 heterocycles. The molecule has 0 bridgehead atoms. The van der Waals surface area contributed by atoms with Crippen LogP contribution >= 0.6 is 0 Å². The Kier molecular flexibility index (Phi) is 6.13. The molecule has 1 aromatic rings. The van der Waals surface area contributed by atoms with Crippen LogP contribution in [0.5, 0.6) is 5.75 Å². The summed E-state index contributed by atoms with van der Waals surface area (Å²) < 4.78 is 5.21. The number of methoxy groups -OCH3 is 1. The average molecular weight is 330 g/mol. The Hall–Kier alpha value is -1.55. The Bertz CT molecular complexity index is 515. The predicted molar refractivity (Wildman–Crippen MR) is 96.2 cm³/mol. The summed E-state index contributed by atoms with van der Waals surface area (Å²) in [5.41, 5.74) is 1.37. The van der Waals surface area contributed by atoms with Crippen LogP contribution in [0.25, 0.3) is 0 Å². The van der Waals surface area contributed by atoms with E-state index in [0.29, 0.717) is 17.7 Å². The van der Waals surface area contributed by atoms with Crippen LogP contribution in [0.1, 0.15) is 37.7 Å². The molecule has 4 nitrogen and oxygen atoms in total. The molecule has 4 heteroatoms. The van der Waals surface area contributed by atoms with Gasteiger partial charge in [-0.15, -0.1) is 0 Å². The number of piperidine rings is 1. The van der Waals surface area contributed by atoms with E-state index in [1.54, 1.807) is 7.11 Å². The van der Waals surface area contributed by atoms with Crippen molar-refractivity contribution in [1.82, 2.24) is 10.2 Å². The van der Waals surface area contributed by atoms with E-state index >= 15 is 0 Å². The molecule has 0 spiro atoms. The first-order chi connectivity index (χ1) is 11.7. The lowest BCUT2D eigenvalue weighted by atomic mass is 9.90. The summed E-state index contributed by atoms with van der Waals surface area (Å²) in [6, 6.07) is 8.38. The normalized spacial score (nSPS) is 21.9. The highest BCUT2D eigenvalue weighted by molar-refractivity contribution is 5.76. The van der Waals surface area contributed by atoms with Crippen LogP contribution in [0.4, 0.5) is 0 Å². The van der Waals surface area contributed by atoms with Crippen LogP contribution in [0.2, 0.25) is 0 Å². The van der Waals surface area contributed by atoms with Gasteiger partial charge in [0.05, 0.1) is 7.11 Å². The highest BCUT2D eigenvalue weighted by atomic mass is 16.5. The molecule has 1 aromatic carbocycles. The smallest absolute Gasteiger partial charge is 0.222 e. The number of hydrogen-bond donors (Lipinski definition) is 1. The summed E-state index contributed by atoms with van der Waals surface area (Å²) >= 11 is 0. The fourth-order valence-electron chi connectivity index (χ4n) is 3.93. The van der Waals surface area contributed by atoms with E-state index in [9.17, 15) is 4.79 Å². The standard InChI is InChI=1S/C20H30N2O2/c1-24-19-5-2-16(3-6-19)14-17-9-12-22(13-10-17)20(23)7-4-18-8-11-21-15-18/h2-3,5-6,17-18,21H,4,7-15H2,1H3. The van der Waals surface area contributed by atoms with Crippen LogP contribution in [-0.2, 0) is 11.2 Å². The maximum atomic E-state index is 12.4. The monoisotopic (exact) mass is 330 g/mol. The molecular weight excluding hydrogens is 300 g/mol. The molecule has 2 aliphatic heterocycles. The molecule has 24 heavy (non-hydrogen) atoms. The Labute approximate surface area is 145 Å². The minimum atomic E-state index is 0.366. The Morgan fingerprint density at radius 3 is 2.54 bits per heavy atom. The third kappa shape index (κ3) is 4.73. The molecule has 1 amide bonds. The molecule has 0 saturated carbocycles. The second-order valence-electron chi connectivity index (χ2n) is 7.27. The minimum absolute atomic E-state index is 0.366. The first-order valence-corrected chi connectivity index (χ1v) is 9.36. The Balaban J connectivity index is 1.38. The highest BCUT2D eigenvalue weighted by Crippen LogP contribution is 2.24. The van der Waals surface area contributed by atoms with Gasteiger partial charge in [-0.05, 0) is 74.7 Å². The summed E-state index contributed by atoms with van der Waals surface area (Å²) in [4.78, 5) is 14.5. The molecule has 2 aliphatic rings. The Morgan fingerprint density at radius 2 is 1.92 bits per heavy atom. The van der Waals surface area contributed by atoms with Crippen LogP contribution in [0, 0.1) is 11.8 Å². The van der Waals surface area contributed by atoms with Crippen molar-refractivity contribution in [3.63, 3.8) is 0 Å². The lowest BCUT2D eigenvalue weighted by Gasteiger charge is -2.32. The van der Waals surface area contributed by atoms with Gasteiger partial charge >= 0.3 is 0 Å². The summed E-state index contributed by atoms with van der Waals surface area (Å²) in [7, 11) is 1.70. The first kappa shape index (κ1) is 17.3. The third-order valence-electron chi connectivity index (χ3n) is 5.58. The zero-order valence-corrected chi connectivity index (χ0v) is 14.8. The van der Waals surface area contributed by atoms with Gasteiger partial charge < -0.3 is 15.0 Å². The van der Waals surface area contributed by atoms with Gasteiger partial charge in [0.25, 0.3) is 0 Å². The van der Waals surface area contributed by atoms with Crippen molar-refractivity contribution < 1.29 is 9.53 Å². The molecule has 0 aromatic heterocycles. The number of likely N-dealkylation sites (tertiary alicyclic amines) is 1. The van der Waals surface area contributed by atoms with Gasteiger partial charge in [0.1, 0.15) is 5.75 Å². The number of rotatable bonds is 6. The minimum Gasteiger partial charge on any atom is -0.497 e. The number of carbonyl (C=O) groups excluding carboxylic acids is 1. The summed E-state index contributed by atoms with van der Waals surface area (Å²) in [6.45, 7) is 4.08. The maximum Gasteiger partial charge on any atom is 0.222 e. The second-order valence-corrected chi connectivity index (χ2v) is 7.27. The Morgan fingerprint density at radius 1 is 1.17 bits per heavy atom. The van der Waals surface area contributed by atoms with Crippen molar-refractivity contribution in [3.05, 3.63) is 29.8 Å². The fraction of sp³-hybridized carbons (Fsp3) is 0.650. The molecule has 1 N–H and O–H groups in total. The molecular formula is C20H30N2O2. The lowest BCUT2D eigenvalue weighted by molar-refractivity contribution is -0.132. The summed E-state index contributed by atoms with van der Waals surface area (Å²) in [6.07, 6.45) is 6.38. The van der Waals surface area contributed by atoms with E-state index in [1.165, 1.54) is 12.0 Å². The van der Waals surface area contributed by atoms with Crippen molar-refractivity contribution in [2.45, 2.75) is 38.5 Å². The van der Waals surface area contributed by atoms with E-state index < -0.39 is 0 Å². The van der Waals surface area contributed by atoms with Gasteiger partial charge in [0, 0.05) is 19.5 Å². The number of nitrogens with one attached hydrogen (secondary N) is 1. The van der Waals surface area contributed by atoms with E-state index in [1.807, 2.05) is 12.1 Å². The third-order valence-corrected chi connectivity index (χ3v) is 5.58. The topological polar surface area (TPSA) is 41.6 Å². The summed E-state index contributed by atoms with van der Waals surface area (Å²) in [5.74, 6) is 2.68. The van der Waals surface area contributed by atoms with Crippen molar-refractivity contribution in [1.29, 1.82) is 0 Å². The maximum absolute atomic E-state index is 12.4. The zero-order valence-electron chi connectivity index (χ0n) is 14.8. The van der Waals surface area contributed by atoms with Crippen molar-refractivity contribution in [2.24, 2.45) is 11.8 Å². The number of nitrogens with zero attached hydrogens (tertiary/aromatic N) is 1. The zero-order chi connectivity index (χ0) is 16.8. The number of carbonyl (C=O) groups is 1. The summed E-state index contributed by atoms with van der Waals surface area (Å²) in [5, 5.41) is 3.38. The average Bonchev–Trinajstić information content (AvgIpc) is 3.14. The molecule has 1 atom stereocenters. The van der Waals surface area contributed by atoms with Crippen molar-refractivity contribution >= 4 is 5.91 Å². The molecule has 1 unspecified atom stereocenters. The van der Waals surface area contributed by atoms with E-state index in [0.717, 1.165) is 64.0 Å². The molecule has 2 saturated heterocycles. The van der Waals surface area contributed by atoms with Crippen molar-refractivity contribution in [2.75, 3.05) is 33.3 Å². The number of hydrogen-bond acceptors (Lipinski definition) is 3. The van der Waals surface area contributed by atoms with Gasteiger partial charge in [0.2, 0.25) is 5.91 Å². The van der Waals surface area contributed by atoms with E-state index in [4.69, 9.17) is 4.74 Å². The van der Waals surface area contributed by atoms with E-state index in [-0.39, 0.29) is 0 Å². The van der Waals surface area contributed by atoms with Gasteiger partial charge in [0.15, 0.2) is 0 Å². The largest absolute Gasteiger partial charge is 0.497 e. The number of ether oxygens (including phenoxy) is 1. The van der Waals surface area contributed by atoms with Gasteiger partial charge in [-0.2, -0.15) is 0 Å². The van der Waals surface area contributed by atoms with Crippen LogP contribution in [-0.4, -0.2) is 44.1 Å². The van der Waals surface area contributed by atoms with Gasteiger partial charge in [-0.25, -0.2) is 0 Å². The SMILES string of the molecule is COc1ccc(CC2CCN(C(=O)CCC3CCNC3)CC2)cc1. The molecule has 2 fully saturated rings. The highest BCUT2D eigenvalue weighted by Gasteiger charge is 2.24. The molecule has 0 aliphatic carbocycles. The number of benzene rings is 1. The lowest BCUT2D eigenvalue weighted by Crippen LogP contribution is -2.39. The first-order valence-electron chi connectivity index (χ1n) is 9.36. The molecule has 3 rings (SSSR count). The fourth-order valence-corrected chi connectivity index (χ4v) is 3.93. The van der Waals surface area contributed by atoms with Crippen LogP contribution in [0.15, 0.2) is 24.3 Å². The molecule has 0 radical (unpaired) electrons. The predicted octanol–water partition coefficient (Wildman–Crippen LogP) is 2.87. The molecule has 132 valence electrons. The number of amides is 1. The van der Waals surface area contributed by atoms with Gasteiger partial charge in [-0.1, -0.05) is 12.1 Å².